The summed E-state index contributed by atoms with van der Waals surface area (Å²) in [4.78, 5) is 11.1. The number of carbonyl (C=O) groups is 1. The second-order valence-electron chi connectivity index (χ2n) is 4.00. The molecule has 1 amide bonds. The van der Waals surface area contributed by atoms with E-state index in [1.165, 1.54) is 5.32 Å². The van der Waals surface area contributed by atoms with E-state index in [-0.39, 0.29) is 29.7 Å². The molecule has 0 saturated carbocycles. The van der Waals surface area contributed by atoms with Crippen molar-refractivity contribution in [2.75, 3.05) is 18.5 Å². The Kier molecular flexibility index (Phi) is 3.87. The molecule has 0 radical (unpaired) electrons. The minimum absolute atomic E-state index is 0.0799. The number of nitrogens with one attached hydrogen (secondary N) is 1. The van der Waals surface area contributed by atoms with Crippen molar-refractivity contribution in [1.29, 1.82) is 0 Å². The molecule has 1 aromatic carbocycles. The Morgan fingerprint density at radius 3 is 2.14 bits per heavy atom. The van der Waals surface area contributed by atoms with Crippen LogP contribution >= 0.6 is 11.6 Å². The SMILES string of the molecule is O=C(Nc1cc2c(cc1Cl)OCCO2)C(F)(F)C(F)(F)F. The lowest BCUT2D eigenvalue weighted by Crippen LogP contribution is -2.47. The summed E-state index contributed by atoms with van der Waals surface area (Å²) < 4.78 is 72.1. The van der Waals surface area contributed by atoms with Gasteiger partial charge in [-0.15, -0.1) is 0 Å². The monoisotopic (exact) mass is 331 g/mol. The first-order valence-electron chi connectivity index (χ1n) is 5.48. The fourth-order valence-electron chi connectivity index (χ4n) is 1.49. The Hall–Kier alpha value is -1.77. The van der Waals surface area contributed by atoms with Crippen molar-refractivity contribution in [2.24, 2.45) is 0 Å². The molecule has 2 rings (SSSR count). The van der Waals surface area contributed by atoms with E-state index < -0.39 is 23.7 Å². The van der Waals surface area contributed by atoms with Gasteiger partial charge >= 0.3 is 18.0 Å². The van der Waals surface area contributed by atoms with Crippen molar-refractivity contribution in [3.05, 3.63) is 17.2 Å². The molecule has 10 heteroatoms. The van der Waals surface area contributed by atoms with Gasteiger partial charge in [0.25, 0.3) is 0 Å². The molecule has 0 spiro atoms. The third kappa shape index (κ3) is 2.97. The van der Waals surface area contributed by atoms with E-state index in [9.17, 15) is 26.7 Å². The lowest BCUT2D eigenvalue weighted by molar-refractivity contribution is -0.267. The number of ether oxygens (including phenoxy) is 2. The van der Waals surface area contributed by atoms with E-state index in [2.05, 4.69) is 0 Å². The molecule has 4 nitrogen and oxygen atoms in total. The van der Waals surface area contributed by atoms with Crippen LogP contribution in [0.25, 0.3) is 0 Å². The van der Waals surface area contributed by atoms with Gasteiger partial charge in [-0.05, 0) is 0 Å². The van der Waals surface area contributed by atoms with E-state index >= 15 is 0 Å². The highest BCUT2D eigenvalue weighted by atomic mass is 35.5. The van der Waals surface area contributed by atoms with Crippen molar-refractivity contribution < 1.29 is 36.2 Å². The normalized spacial score (nSPS) is 14.8. The Balaban J connectivity index is 2.26. The minimum Gasteiger partial charge on any atom is -0.486 e. The average molecular weight is 332 g/mol. The van der Waals surface area contributed by atoms with Gasteiger partial charge in [-0.3, -0.25) is 4.79 Å². The number of amides is 1. The van der Waals surface area contributed by atoms with Gasteiger partial charge in [0.05, 0.1) is 10.7 Å². The summed E-state index contributed by atoms with van der Waals surface area (Å²) in [6.07, 6.45) is -6.00. The predicted octanol–water partition coefficient (Wildman–Crippen LogP) is 3.25. The number of hydrogen-bond donors (Lipinski definition) is 1. The van der Waals surface area contributed by atoms with Gasteiger partial charge in [-0.25, -0.2) is 0 Å². The summed E-state index contributed by atoms with van der Waals surface area (Å²) in [6, 6.07) is 2.17. The van der Waals surface area contributed by atoms with E-state index in [4.69, 9.17) is 21.1 Å². The van der Waals surface area contributed by atoms with Crippen LogP contribution in [0.5, 0.6) is 11.5 Å². The average Bonchev–Trinajstić information content (AvgIpc) is 2.38. The number of halogens is 6. The van der Waals surface area contributed by atoms with Crippen LogP contribution in [0, 0.1) is 0 Å². The summed E-state index contributed by atoms with van der Waals surface area (Å²) in [5.74, 6) is -7.79. The standard InChI is InChI=1S/C11H7ClF5NO3/c12-5-3-7-8(21-2-1-20-7)4-6(5)18-9(19)10(13,14)11(15,16)17/h3-4H,1-2H2,(H,18,19). The summed E-state index contributed by atoms with van der Waals surface area (Å²) in [5.41, 5.74) is -0.435. The number of benzene rings is 1. The second-order valence-corrected chi connectivity index (χ2v) is 4.41. The smallest absolute Gasteiger partial charge is 0.463 e. The predicted molar refractivity (Wildman–Crippen MR) is 62.1 cm³/mol. The van der Waals surface area contributed by atoms with Crippen LogP contribution in [0.4, 0.5) is 27.6 Å². The highest BCUT2D eigenvalue weighted by Gasteiger charge is 2.63. The largest absolute Gasteiger partial charge is 0.486 e. The lowest BCUT2D eigenvalue weighted by Gasteiger charge is -2.22. The van der Waals surface area contributed by atoms with E-state index in [0.29, 0.717) is 0 Å². The van der Waals surface area contributed by atoms with Crippen LogP contribution in [0.1, 0.15) is 0 Å². The molecule has 1 aromatic rings. The first-order valence-corrected chi connectivity index (χ1v) is 5.86. The second kappa shape index (κ2) is 5.21. The van der Waals surface area contributed by atoms with Gasteiger partial charge in [0.2, 0.25) is 0 Å². The Morgan fingerprint density at radius 2 is 1.62 bits per heavy atom. The number of hydrogen-bond acceptors (Lipinski definition) is 3. The molecule has 0 bridgehead atoms. The van der Waals surface area contributed by atoms with Crippen molar-refractivity contribution in [2.45, 2.75) is 12.1 Å². The van der Waals surface area contributed by atoms with Crippen molar-refractivity contribution in [3.8, 4) is 11.5 Å². The molecule has 1 N–H and O–H groups in total. The quantitative estimate of drug-likeness (QED) is 0.846. The van der Waals surface area contributed by atoms with Crippen LogP contribution in [0.3, 0.4) is 0 Å². The van der Waals surface area contributed by atoms with E-state index in [1.807, 2.05) is 0 Å². The van der Waals surface area contributed by atoms with Gasteiger partial charge < -0.3 is 14.8 Å². The fourth-order valence-corrected chi connectivity index (χ4v) is 1.69. The van der Waals surface area contributed by atoms with E-state index in [1.54, 1.807) is 0 Å². The molecule has 0 aromatic heterocycles. The maximum atomic E-state index is 12.8. The van der Waals surface area contributed by atoms with Crippen LogP contribution in [0.2, 0.25) is 5.02 Å². The van der Waals surface area contributed by atoms with Gasteiger partial charge in [-0.1, -0.05) is 11.6 Å². The molecule has 0 unspecified atom stereocenters. The molecule has 116 valence electrons. The zero-order valence-electron chi connectivity index (χ0n) is 10.1. The number of alkyl halides is 5. The minimum atomic E-state index is -6.00. The molecule has 1 heterocycles. The molecule has 0 atom stereocenters. The Morgan fingerprint density at radius 1 is 1.10 bits per heavy atom. The zero-order valence-corrected chi connectivity index (χ0v) is 10.8. The summed E-state index contributed by atoms with van der Waals surface area (Å²) >= 11 is 5.69. The maximum Gasteiger partial charge on any atom is 0.463 e. The molecule has 0 aliphatic carbocycles. The zero-order chi connectivity index (χ0) is 15.8. The van der Waals surface area contributed by atoms with Crippen molar-refractivity contribution in [1.82, 2.24) is 0 Å². The molecular formula is C11H7ClF5NO3. The highest BCUT2D eigenvalue weighted by Crippen LogP contribution is 2.40. The summed E-state index contributed by atoms with van der Waals surface area (Å²) in [5, 5.41) is 1.17. The molecule has 0 fully saturated rings. The maximum absolute atomic E-state index is 12.8. The van der Waals surface area contributed by atoms with Gasteiger partial charge in [0.1, 0.15) is 13.2 Å². The van der Waals surface area contributed by atoms with Crippen LogP contribution in [-0.4, -0.2) is 31.2 Å². The van der Waals surface area contributed by atoms with Crippen LogP contribution < -0.4 is 14.8 Å². The highest BCUT2D eigenvalue weighted by molar-refractivity contribution is 6.34. The number of rotatable bonds is 2. The third-order valence-electron chi connectivity index (χ3n) is 2.52. The van der Waals surface area contributed by atoms with E-state index in [0.717, 1.165) is 12.1 Å². The Bertz CT molecular complexity index is 576. The molecule has 1 aliphatic heterocycles. The number of carbonyl (C=O) groups excluding carboxylic acids is 1. The fraction of sp³-hybridized carbons (Fsp3) is 0.364. The van der Waals surface area contributed by atoms with Crippen LogP contribution in [-0.2, 0) is 4.79 Å². The molecule has 1 aliphatic rings. The lowest BCUT2D eigenvalue weighted by atomic mass is 10.2. The molecule has 0 saturated heterocycles. The van der Waals surface area contributed by atoms with Crippen molar-refractivity contribution >= 4 is 23.2 Å². The van der Waals surface area contributed by atoms with Gasteiger partial charge in [0.15, 0.2) is 11.5 Å². The first kappa shape index (κ1) is 15.6. The van der Waals surface area contributed by atoms with Gasteiger partial charge in [-0.2, -0.15) is 22.0 Å². The Labute approximate surface area is 119 Å². The topological polar surface area (TPSA) is 47.6 Å². The van der Waals surface area contributed by atoms with Crippen molar-refractivity contribution in [3.63, 3.8) is 0 Å². The number of anilines is 1. The van der Waals surface area contributed by atoms with Gasteiger partial charge in [0, 0.05) is 12.1 Å². The summed E-state index contributed by atoms with van der Waals surface area (Å²) in [6.45, 7) is 0.405. The molecule has 21 heavy (non-hydrogen) atoms. The molecular weight excluding hydrogens is 325 g/mol. The third-order valence-corrected chi connectivity index (χ3v) is 2.83. The summed E-state index contributed by atoms with van der Waals surface area (Å²) in [7, 11) is 0. The van der Waals surface area contributed by atoms with Crippen LogP contribution in [0.15, 0.2) is 12.1 Å². The number of fused-ring (bicyclic) bond motifs is 1. The first-order chi connectivity index (χ1) is 9.63.